The number of ether oxygens (including phenoxy) is 1. The largest absolute Gasteiger partial charge is 0.487 e. The quantitative estimate of drug-likeness (QED) is 0.430. The Hall–Kier alpha value is -2.18. The highest BCUT2D eigenvalue weighted by atomic mass is 35.5. The molecule has 8 heteroatoms. The number of hydrogen-bond donors (Lipinski definition) is 1. The van der Waals surface area contributed by atoms with Crippen molar-refractivity contribution in [3.05, 3.63) is 64.3 Å². The number of ketones is 1. The van der Waals surface area contributed by atoms with Crippen LogP contribution in [0.5, 0.6) is 5.75 Å². The number of hydrogen-bond acceptors (Lipinski definition) is 2. The maximum atomic E-state index is 12.8. The molecule has 3 nitrogen and oxygen atoms in total. The van der Waals surface area contributed by atoms with E-state index in [4.69, 9.17) is 27.9 Å². The van der Waals surface area contributed by atoms with Crippen LogP contribution in [0.15, 0.2) is 42.6 Å². The molecule has 0 aliphatic heterocycles. The maximum absolute atomic E-state index is 12.8. The molecule has 0 bridgehead atoms. The van der Waals surface area contributed by atoms with Crippen LogP contribution in [0.25, 0.3) is 10.9 Å². The molecule has 0 atom stereocenters. The number of halogens is 5. The van der Waals surface area contributed by atoms with Crippen molar-refractivity contribution >= 4 is 39.9 Å². The van der Waals surface area contributed by atoms with Gasteiger partial charge in [-0.1, -0.05) is 23.7 Å². The molecule has 26 heavy (non-hydrogen) atoms. The van der Waals surface area contributed by atoms with E-state index < -0.39 is 11.7 Å². The van der Waals surface area contributed by atoms with Gasteiger partial charge in [0.05, 0.1) is 16.5 Å². The Balaban J connectivity index is 1.87. The molecule has 1 aromatic heterocycles. The first-order valence-electron chi connectivity index (χ1n) is 7.48. The van der Waals surface area contributed by atoms with Crippen molar-refractivity contribution in [2.24, 2.45) is 0 Å². The van der Waals surface area contributed by atoms with Gasteiger partial charge in [0.25, 0.3) is 0 Å². The number of rotatable bonds is 5. The molecule has 2 aromatic carbocycles. The number of Topliss-reactive ketones (excluding diaryl/α,β-unsaturated/α-hetero) is 1. The summed E-state index contributed by atoms with van der Waals surface area (Å²) in [5.74, 6) is -0.167. The Morgan fingerprint density at radius 2 is 1.96 bits per heavy atom. The Morgan fingerprint density at radius 3 is 2.65 bits per heavy atom. The lowest BCUT2D eigenvalue weighted by molar-refractivity contribution is -0.137. The number of carbonyl (C=O) groups is 1. The molecular formula is C18H12Cl2F3NO2. The minimum Gasteiger partial charge on any atom is -0.487 e. The third-order valence-corrected chi connectivity index (χ3v) is 4.34. The molecule has 0 saturated carbocycles. The number of carbonyl (C=O) groups excluding carboxylic acids is 1. The first kappa shape index (κ1) is 18.6. The number of fused-ring (bicyclic) bond motifs is 1. The third kappa shape index (κ3) is 3.81. The van der Waals surface area contributed by atoms with E-state index in [1.165, 1.54) is 18.3 Å². The van der Waals surface area contributed by atoms with E-state index in [-0.39, 0.29) is 29.0 Å². The van der Waals surface area contributed by atoms with Crippen molar-refractivity contribution in [1.29, 1.82) is 0 Å². The van der Waals surface area contributed by atoms with E-state index in [9.17, 15) is 18.0 Å². The Morgan fingerprint density at radius 1 is 1.19 bits per heavy atom. The van der Waals surface area contributed by atoms with Crippen molar-refractivity contribution in [3.63, 3.8) is 0 Å². The zero-order valence-corrected chi connectivity index (χ0v) is 14.7. The fourth-order valence-corrected chi connectivity index (χ4v) is 2.90. The summed E-state index contributed by atoms with van der Waals surface area (Å²) in [6.45, 7) is -0.0989. The number of H-pyrrole nitrogens is 1. The van der Waals surface area contributed by atoms with Crippen molar-refractivity contribution < 1.29 is 22.7 Å². The van der Waals surface area contributed by atoms with Gasteiger partial charge in [0.1, 0.15) is 12.4 Å². The van der Waals surface area contributed by atoms with Gasteiger partial charge >= 0.3 is 6.18 Å². The van der Waals surface area contributed by atoms with E-state index >= 15 is 0 Å². The molecule has 0 unspecified atom stereocenters. The predicted octanol–water partition coefficient (Wildman–Crippen LogP) is 5.84. The molecule has 0 saturated heterocycles. The van der Waals surface area contributed by atoms with Gasteiger partial charge in [-0.3, -0.25) is 4.79 Å². The van der Waals surface area contributed by atoms with Crippen LogP contribution in [0.3, 0.4) is 0 Å². The fourth-order valence-electron chi connectivity index (χ4n) is 2.54. The van der Waals surface area contributed by atoms with Gasteiger partial charge in [-0.25, -0.2) is 0 Å². The molecule has 0 fully saturated rings. The molecule has 3 rings (SSSR count). The molecule has 0 aliphatic carbocycles. The van der Waals surface area contributed by atoms with E-state index in [0.29, 0.717) is 22.0 Å². The lowest BCUT2D eigenvalue weighted by Crippen LogP contribution is -2.06. The van der Waals surface area contributed by atoms with Crippen LogP contribution in [-0.2, 0) is 12.8 Å². The monoisotopic (exact) mass is 401 g/mol. The minimum atomic E-state index is -4.42. The Kier molecular flexibility index (Phi) is 5.16. The van der Waals surface area contributed by atoms with Gasteiger partial charge in [0.2, 0.25) is 0 Å². The van der Waals surface area contributed by atoms with Crippen LogP contribution in [-0.4, -0.2) is 16.6 Å². The van der Waals surface area contributed by atoms with Gasteiger partial charge in [0.15, 0.2) is 5.78 Å². The number of aromatic amines is 1. The molecular weight excluding hydrogens is 390 g/mol. The van der Waals surface area contributed by atoms with Gasteiger partial charge in [-0.15, -0.1) is 11.6 Å². The van der Waals surface area contributed by atoms with Crippen LogP contribution in [0.1, 0.15) is 21.5 Å². The molecule has 1 N–H and O–H groups in total. The molecule has 0 radical (unpaired) electrons. The summed E-state index contributed by atoms with van der Waals surface area (Å²) in [6, 6.07) is 8.01. The van der Waals surface area contributed by atoms with Crippen molar-refractivity contribution in [3.8, 4) is 5.75 Å². The van der Waals surface area contributed by atoms with Crippen LogP contribution >= 0.6 is 23.2 Å². The normalized spacial score (nSPS) is 11.7. The zero-order valence-electron chi connectivity index (χ0n) is 13.2. The molecule has 3 aromatic rings. The first-order chi connectivity index (χ1) is 12.3. The van der Waals surface area contributed by atoms with Crippen LogP contribution in [0.2, 0.25) is 5.02 Å². The second-order valence-corrected chi connectivity index (χ2v) is 6.25. The highest BCUT2D eigenvalue weighted by Gasteiger charge is 2.30. The summed E-state index contributed by atoms with van der Waals surface area (Å²) in [5.41, 5.74) is 0.633. The van der Waals surface area contributed by atoms with E-state index in [1.54, 1.807) is 12.1 Å². The minimum absolute atomic E-state index is 0.0989. The second-order valence-electron chi connectivity index (χ2n) is 5.57. The molecule has 0 amide bonds. The van der Waals surface area contributed by atoms with Crippen molar-refractivity contribution in [2.75, 3.05) is 5.88 Å². The SMILES string of the molecule is O=C(CCl)c1c[nH]c2cc(Cl)c(OCc3cccc(C(F)(F)F)c3)cc12. The van der Waals surface area contributed by atoms with E-state index in [1.807, 2.05) is 0 Å². The molecule has 0 spiro atoms. The molecule has 136 valence electrons. The summed E-state index contributed by atoms with van der Waals surface area (Å²) < 4.78 is 43.9. The van der Waals surface area contributed by atoms with Gasteiger partial charge in [-0.05, 0) is 29.8 Å². The molecule has 0 aliphatic rings. The number of nitrogens with one attached hydrogen (secondary N) is 1. The predicted molar refractivity (Wildman–Crippen MR) is 94.1 cm³/mol. The summed E-state index contributed by atoms with van der Waals surface area (Å²) in [4.78, 5) is 14.8. The van der Waals surface area contributed by atoms with Crippen molar-refractivity contribution in [1.82, 2.24) is 4.98 Å². The second kappa shape index (κ2) is 7.21. The average Bonchev–Trinajstić information content (AvgIpc) is 3.01. The van der Waals surface area contributed by atoms with Gasteiger partial charge < -0.3 is 9.72 Å². The first-order valence-corrected chi connectivity index (χ1v) is 8.39. The number of alkyl halides is 4. The maximum Gasteiger partial charge on any atom is 0.416 e. The topological polar surface area (TPSA) is 42.1 Å². The number of benzene rings is 2. The Labute approximate surface area is 156 Å². The third-order valence-electron chi connectivity index (χ3n) is 3.80. The summed E-state index contributed by atoms with van der Waals surface area (Å²) in [6.07, 6.45) is -2.89. The lowest BCUT2D eigenvalue weighted by Gasteiger charge is -2.11. The zero-order chi connectivity index (χ0) is 18.9. The van der Waals surface area contributed by atoms with Crippen molar-refractivity contribution in [2.45, 2.75) is 12.8 Å². The van der Waals surface area contributed by atoms with Crippen LogP contribution in [0.4, 0.5) is 13.2 Å². The summed E-state index contributed by atoms with van der Waals surface area (Å²) in [7, 11) is 0. The standard InChI is InChI=1S/C18H12Cl2F3NO2/c19-7-16(25)13-8-24-15-6-14(20)17(5-12(13)15)26-9-10-2-1-3-11(4-10)18(21,22)23/h1-6,8,24H,7,9H2. The van der Waals surface area contributed by atoms with Crippen LogP contribution in [0, 0.1) is 0 Å². The average molecular weight is 402 g/mol. The smallest absolute Gasteiger partial charge is 0.416 e. The fraction of sp³-hybridized carbons (Fsp3) is 0.167. The van der Waals surface area contributed by atoms with Gasteiger partial charge in [0, 0.05) is 22.7 Å². The number of aromatic nitrogens is 1. The highest BCUT2D eigenvalue weighted by molar-refractivity contribution is 6.34. The van der Waals surface area contributed by atoms with Crippen LogP contribution < -0.4 is 4.74 Å². The van der Waals surface area contributed by atoms with E-state index in [0.717, 1.165) is 12.1 Å². The summed E-state index contributed by atoms with van der Waals surface area (Å²) in [5, 5.41) is 0.857. The lowest BCUT2D eigenvalue weighted by atomic mass is 10.1. The van der Waals surface area contributed by atoms with E-state index in [2.05, 4.69) is 4.98 Å². The molecule has 1 heterocycles. The Bertz CT molecular complexity index is 967. The summed E-state index contributed by atoms with van der Waals surface area (Å²) >= 11 is 11.8. The highest BCUT2D eigenvalue weighted by Crippen LogP contribution is 2.33. The van der Waals surface area contributed by atoms with Gasteiger partial charge in [-0.2, -0.15) is 13.2 Å².